The molecular formula is C27H30ClN3O5S2. The summed E-state index contributed by atoms with van der Waals surface area (Å²) in [5.41, 5.74) is 0.0390. The van der Waals surface area contributed by atoms with E-state index in [0.717, 1.165) is 47.9 Å². The molecule has 2 fully saturated rings. The predicted molar refractivity (Wildman–Crippen MR) is 147 cm³/mol. The number of thiophene rings is 1. The molecule has 1 aliphatic heterocycles. The number of aromatic nitrogens is 3. The largest absolute Gasteiger partial charge is 0.496 e. The Balaban J connectivity index is 1.36. The second-order valence-electron chi connectivity index (χ2n) is 9.75. The molecule has 1 aliphatic carbocycles. The van der Waals surface area contributed by atoms with Crippen LogP contribution in [-0.2, 0) is 27.8 Å². The predicted octanol–water partition coefficient (Wildman–Crippen LogP) is 5.75. The average Bonchev–Trinajstić information content (AvgIpc) is 3.68. The number of ether oxygens (including phenoxy) is 3. The van der Waals surface area contributed by atoms with Crippen LogP contribution >= 0.6 is 34.7 Å². The van der Waals surface area contributed by atoms with Crippen molar-refractivity contribution in [1.29, 1.82) is 0 Å². The summed E-state index contributed by atoms with van der Waals surface area (Å²) in [6.45, 7) is 0. The highest BCUT2D eigenvalue weighted by Crippen LogP contribution is 2.46. The molecule has 3 heterocycles. The molecule has 202 valence electrons. The fraction of sp³-hybridized carbons (Fsp3) is 0.481. The number of ketones is 1. The third kappa shape index (κ3) is 5.18. The fourth-order valence-corrected chi connectivity index (χ4v) is 7.46. The number of rotatable bonds is 9. The second kappa shape index (κ2) is 11.3. The van der Waals surface area contributed by atoms with E-state index in [-0.39, 0.29) is 18.1 Å². The van der Waals surface area contributed by atoms with E-state index in [9.17, 15) is 9.59 Å². The minimum absolute atomic E-state index is 0.126. The van der Waals surface area contributed by atoms with Crippen molar-refractivity contribution in [3.63, 3.8) is 0 Å². The first-order valence-corrected chi connectivity index (χ1v) is 14.7. The first kappa shape index (κ1) is 27.0. The first-order valence-electron chi connectivity index (χ1n) is 12.6. The Kier molecular flexibility index (Phi) is 8.02. The molecule has 8 nitrogen and oxygen atoms in total. The molecule has 0 spiro atoms. The van der Waals surface area contributed by atoms with Gasteiger partial charge in [-0.1, -0.05) is 42.3 Å². The first-order chi connectivity index (χ1) is 18.3. The third-order valence-corrected chi connectivity index (χ3v) is 9.97. The molecule has 38 heavy (non-hydrogen) atoms. The van der Waals surface area contributed by atoms with Crippen LogP contribution in [0.2, 0.25) is 5.02 Å². The molecule has 5 rings (SSSR count). The number of hydrogen-bond donors (Lipinski definition) is 0. The van der Waals surface area contributed by atoms with Gasteiger partial charge in [0.15, 0.2) is 22.0 Å². The van der Waals surface area contributed by atoms with Gasteiger partial charge in [0, 0.05) is 19.5 Å². The highest BCUT2D eigenvalue weighted by Gasteiger charge is 2.52. The molecule has 2 aliphatic rings. The Morgan fingerprint density at radius 3 is 2.61 bits per heavy atom. The van der Waals surface area contributed by atoms with Gasteiger partial charge in [-0.15, -0.1) is 21.5 Å². The lowest BCUT2D eigenvalue weighted by molar-refractivity contribution is -0.177. The summed E-state index contributed by atoms with van der Waals surface area (Å²) < 4.78 is 19.0. The van der Waals surface area contributed by atoms with Crippen molar-refractivity contribution in [1.82, 2.24) is 14.8 Å². The lowest BCUT2D eigenvalue weighted by atomic mass is 9.76. The van der Waals surface area contributed by atoms with Gasteiger partial charge in [-0.2, -0.15) is 0 Å². The molecule has 0 radical (unpaired) electrons. The van der Waals surface area contributed by atoms with E-state index in [0.29, 0.717) is 40.3 Å². The van der Waals surface area contributed by atoms with Gasteiger partial charge in [0.05, 0.1) is 24.1 Å². The summed E-state index contributed by atoms with van der Waals surface area (Å²) in [7, 11) is 4.99. The Morgan fingerprint density at radius 2 is 1.95 bits per heavy atom. The van der Waals surface area contributed by atoms with Gasteiger partial charge in [-0.05, 0) is 54.7 Å². The van der Waals surface area contributed by atoms with Crippen molar-refractivity contribution in [2.24, 2.45) is 13.0 Å². The zero-order valence-electron chi connectivity index (χ0n) is 21.6. The number of Topliss-reactive ketones (excluding diaryl/α,β-unsaturated/α-hetero) is 1. The number of cyclic esters (lactones) is 1. The summed E-state index contributed by atoms with van der Waals surface area (Å²) in [6.07, 6.45) is 5.26. The van der Waals surface area contributed by atoms with E-state index in [1.54, 1.807) is 31.6 Å². The Labute approximate surface area is 235 Å². The third-order valence-electron chi connectivity index (χ3n) is 7.56. The molecule has 2 aromatic heterocycles. The average molecular weight is 576 g/mol. The number of methoxy groups -OCH3 is 2. The lowest BCUT2D eigenvalue weighted by Gasteiger charge is -2.42. The van der Waals surface area contributed by atoms with Crippen LogP contribution in [-0.4, -0.2) is 51.6 Å². The molecule has 2 atom stereocenters. The van der Waals surface area contributed by atoms with E-state index in [2.05, 4.69) is 10.2 Å². The maximum atomic E-state index is 13.6. The van der Waals surface area contributed by atoms with Crippen LogP contribution in [0.5, 0.6) is 11.5 Å². The van der Waals surface area contributed by atoms with Crippen molar-refractivity contribution in [2.45, 2.75) is 61.0 Å². The Hall–Kier alpha value is -2.56. The summed E-state index contributed by atoms with van der Waals surface area (Å²) in [5.74, 6) is 1.39. The quantitative estimate of drug-likeness (QED) is 0.235. The number of carbonyl (C=O) groups excluding carboxylic acids is 2. The second-order valence-corrected chi connectivity index (χ2v) is 12.2. The van der Waals surface area contributed by atoms with E-state index < -0.39 is 16.8 Å². The zero-order valence-corrected chi connectivity index (χ0v) is 24.0. The number of aryl methyl sites for hydroxylation is 1. The van der Waals surface area contributed by atoms with Gasteiger partial charge in [0.1, 0.15) is 17.1 Å². The molecule has 1 saturated carbocycles. The van der Waals surface area contributed by atoms with Crippen LogP contribution in [0, 0.1) is 5.92 Å². The molecule has 3 aromatic rings. The molecule has 1 aromatic carbocycles. The van der Waals surface area contributed by atoms with E-state index in [1.807, 2.05) is 35.2 Å². The topological polar surface area (TPSA) is 92.5 Å². The minimum atomic E-state index is -0.964. The molecule has 0 N–H and O–H groups in total. The van der Waals surface area contributed by atoms with Crippen molar-refractivity contribution < 1.29 is 23.8 Å². The molecule has 2 unspecified atom stereocenters. The number of benzene rings is 1. The number of nitrogens with zero attached hydrogens (tertiary/aromatic N) is 3. The molecular weight excluding hydrogens is 546 g/mol. The lowest BCUT2D eigenvalue weighted by Crippen LogP contribution is -2.53. The van der Waals surface area contributed by atoms with Crippen LogP contribution in [0.4, 0.5) is 0 Å². The zero-order chi connectivity index (χ0) is 26.9. The maximum absolute atomic E-state index is 13.6. The van der Waals surface area contributed by atoms with Crippen molar-refractivity contribution in [3.8, 4) is 22.2 Å². The van der Waals surface area contributed by atoms with Crippen LogP contribution < -0.4 is 9.47 Å². The Bertz CT molecular complexity index is 1300. The monoisotopic (exact) mass is 575 g/mol. The van der Waals surface area contributed by atoms with Crippen LogP contribution in [0.15, 0.2) is 34.8 Å². The number of thioether (sulfide) groups is 1. The SMILES string of the molecule is COc1cc(OC)c(CCC2(C3CCCC3)CC(=O)C(Sc3nnc(-c4cccs4)n3C)C(=O)O2)cc1Cl. The fourth-order valence-electron chi connectivity index (χ4n) is 5.55. The Morgan fingerprint density at radius 1 is 1.18 bits per heavy atom. The van der Waals surface area contributed by atoms with Crippen LogP contribution in [0.1, 0.15) is 44.1 Å². The standard InChI is InChI=1S/C27H30ClN3O5S2/c1-31-24(22-9-6-12-37-22)29-30-26(31)38-23-19(32)15-27(36-25(23)33,17-7-4-5-8-17)11-10-16-13-18(28)21(35-3)14-20(16)34-2/h6,9,12-14,17,23H,4-5,7-8,10-11,15H2,1-3H3. The van der Waals surface area contributed by atoms with E-state index in [4.69, 9.17) is 25.8 Å². The molecule has 1 saturated heterocycles. The van der Waals surface area contributed by atoms with E-state index in [1.165, 1.54) is 0 Å². The van der Waals surface area contributed by atoms with Gasteiger partial charge in [-0.25, -0.2) is 0 Å². The summed E-state index contributed by atoms with van der Waals surface area (Å²) >= 11 is 9.07. The number of esters is 1. The van der Waals surface area contributed by atoms with Gasteiger partial charge in [-0.3, -0.25) is 9.59 Å². The minimum Gasteiger partial charge on any atom is -0.496 e. The molecule has 0 bridgehead atoms. The smallest absolute Gasteiger partial charge is 0.327 e. The maximum Gasteiger partial charge on any atom is 0.327 e. The normalized spacial score (nSPS) is 22.1. The van der Waals surface area contributed by atoms with Gasteiger partial charge >= 0.3 is 5.97 Å². The molecule has 0 amide bonds. The van der Waals surface area contributed by atoms with Crippen molar-refractivity contribution in [2.75, 3.05) is 14.2 Å². The van der Waals surface area contributed by atoms with Gasteiger partial charge in [0.25, 0.3) is 0 Å². The number of hydrogen-bond acceptors (Lipinski definition) is 9. The highest BCUT2D eigenvalue weighted by atomic mass is 35.5. The van der Waals surface area contributed by atoms with Crippen LogP contribution in [0.25, 0.3) is 10.7 Å². The van der Waals surface area contributed by atoms with Crippen molar-refractivity contribution >= 4 is 46.5 Å². The number of carbonyl (C=O) groups is 2. The summed E-state index contributed by atoms with van der Waals surface area (Å²) in [6, 6.07) is 7.49. The summed E-state index contributed by atoms with van der Waals surface area (Å²) in [5, 5.41) is 10.5. The van der Waals surface area contributed by atoms with Gasteiger partial charge in [0.2, 0.25) is 0 Å². The van der Waals surface area contributed by atoms with Gasteiger partial charge < -0.3 is 18.8 Å². The molecule has 11 heteroatoms. The number of halogens is 1. The van der Waals surface area contributed by atoms with E-state index >= 15 is 0 Å². The summed E-state index contributed by atoms with van der Waals surface area (Å²) in [4.78, 5) is 28.0. The van der Waals surface area contributed by atoms with Crippen molar-refractivity contribution in [3.05, 3.63) is 40.2 Å². The highest BCUT2D eigenvalue weighted by molar-refractivity contribution is 8.01. The van der Waals surface area contributed by atoms with Crippen LogP contribution in [0.3, 0.4) is 0 Å².